The van der Waals surface area contributed by atoms with Gasteiger partial charge in [-0.05, 0) is 23.8 Å². The highest BCUT2D eigenvalue weighted by molar-refractivity contribution is 7.98. The van der Waals surface area contributed by atoms with Gasteiger partial charge in [-0.1, -0.05) is 43.0 Å². The summed E-state index contributed by atoms with van der Waals surface area (Å²) in [5.74, 6) is 1.57. The first-order valence-corrected chi connectivity index (χ1v) is 8.72. The number of hydrogen-bond donors (Lipinski definition) is 1. The van der Waals surface area contributed by atoms with E-state index in [1.54, 1.807) is 24.2 Å². The third kappa shape index (κ3) is 3.83. The van der Waals surface area contributed by atoms with Gasteiger partial charge in [0.25, 0.3) is 0 Å². The predicted molar refractivity (Wildman–Crippen MR) is 96.3 cm³/mol. The normalized spacial score (nSPS) is 10.5. The van der Waals surface area contributed by atoms with Gasteiger partial charge in [-0.25, -0.2) is 9.97 Å². The molecule has 0 radical (unpaired) electrons. The third-order valence-electron chi connectivity index (χ3n) is 3.47. The summed E-state index contributed by atoms with van der Waals surface area (Å²) in [6.07, 6.45) is 5.89. The van der Waals surface area contributed by atoms with E-state index < -0.39 is 0 Å². The number of pyridine rings is 1. The lowest BCUT2D eigenvalue weighted by Gasteiger charge is -2.11. The minimum Gasteiger partial charge on any atom is -0.326 e. The van der Waals surface area contributed by atoms with Crippen molar-refractivity contribution in [2.24, 2.45) is 0 Å². The average molecular weight is 338 g/mol. The molecule has 5 nitrogen and oxygen atoms in total. The molecule has 6 heteroatoms. The largest absolute Gasteiger partial charge is 0.326 e. The Morgan fingerprint density at radius 1 is 1.12 bits per heavy atom. The van der Waals surface area contributed by atoms with Gasteiger partial charge in [0.05, 0.1) is 0 Å². The number of amides is 1. The fraction of sp³-hybridized carbons (Fsp3) is 0.167. The number of thioether (sulfide) groups is 1. The highest BCUT2D eigenvalue weighted by Gasteiger charge is 2.09. The van der Waals surface area contributed by atoms with Gasteiger partial charge in [0.2, 0.25) is 5.91 Å². The van der Waals surface area contributed by atoms with E-state index in [4.69, 9.17) is 0 Å². The summed E-state index contributed by atoms with van der Waals surface area (Å²) in [6, 6.07) is 13.6. The Hall–Kier alpha value is -2.60. The van der Waals surface area contributed by atoms with E-state index >= 15 is 0 Å². The molecule has 24 heavy (non-hydrogen) atoms. The fourth-order valence-electron chi connectivity index (χ4n) is 2.22. The lowest BCUT2D eigenvalue weighted by molar-refractivity contribution is -0.115. The molecule has 1 aromatic carbocycles. The molecule has 0 spiro atoms. The monoisotopic (exact) mass is 338 g/mol. The Balaban J connectivity index is 1.76. The van der Waals surface area contributed by atoms with E-state index in [1.807, 2.05) is 60.2 Å². The van der Waals surface area contributed by atoms with E-state index in [-0.39, 0.29) is 5.91 Å². The zero-order valence-electron chi connectivity index (χ0n) is 13.3. The molecule has 3 aromatic rings. The van der Waals surface area contributed by atoms with Crippen LogP contribution in [0.15, 0.2) is 66.2 Å². The Bertz CT molecular complexity index is 817. The van der Waals surface area contributed by atoms with Gasteiger partial charge in [0.15, 0.2) is 5.16 Å². The topological polar surface area (TPSA) is 59.8 Å². The van der Waals surface area contributed by atoms with Crippen molar-refractivity contribution in [3.05, 3.63) is 66.6 Å². The van der Waals surface area contributed by atoms with Crippen molar-refractivity contribution in [1.82, 2.24) is 14.5 Å². The van der Waals surface area contributed by atoms with Crippen LogP contribution in [0.2, 0.25) is 0 Å². The number of nitrogens with zero attached hydrogens (tertiary/aromatic N) is 3. The number of benzene rings is 1. The maximum atomic E-state index is 11.7. The molecule has 0 atom stereocenters. The molecule has 0 aliphatic carbocycles. The van der Waals surface area contributed by atoms with Crippen LogP contribution in [-0.2, 0) is 10.5 Å². The molecule has 3 rings (SSSR count). The van der Waals surface area contributed by atoms with Crippen molar-refractivity contribution in [2.45, 2.75) is 24.3 Å². The first-order valence-electron chi connectivity index (χ1n) is 7.73. The first kappa shape index (κ1) is 16.3. The van der Waals surface area contributed by atoms with Crippen LogP contribution in [0.25, 0.3) is 5.82 Å². The number of rotatable bonds is 6. The lowest BCUT2D eigenvalue weighted by atomic mass is 10.2. The van der Waals surface area contributed by atoms with Gasteiger partial charge in [0, 0.05) is 36.5 Å². The fourth-order valence-corrected chi connectivity index (χ4v) is 3.18. The van der Waals surface area contributed by atoms with Crippen LogP contribution in [0, 0.1) is 0 Å². The highest BCUT2D eigenvalue weighted by Crippen LogP contribution is 2.27. The van der Waals surface area contributed by atoms with Crippen molar-refractivity contribution in [1.29, 1.82) is 0 Å². The summed E-state index contributed by atoms with van der Waals surface area (Å²) in [4.78, 5) is 20.4. The second-order valence-electron chi connectivity index (χ2n) is 5.12. The Morgan fingerprint density at radius 3 is 2.75 bits per heavy atom. The molecule has 0 saturated carbocycles. The number of imidazole rings is 1. The summed E-state index contributed by atoms with van der Waals surface area (Å²) in [5.41, 5.74) is 1.92. The van der Waals surface area contributed by atoms with E-state index in [1.165, 1.54) is 0 Å². The van der Waals surface area contributed by atoms with Crippen molar-refractivity contribution in [2.75, 3.05) is 5.32 Å². The number of carbonyl (C=O) groups excluding carboxylic acids is 1. The zero-order valence-corrected chi connectivity index (χ0v) is 14.2. The molecule has 0 aliphatic heterocycles. The number of carbonyl (C=O) groups is 1. The number of anilines is 1. The van der Waals surface area contributed by atoms with Crippen molar-refractivity contribution in [3.8, 4) is 5.82 Å². The quantitative estimate of drug-likeness (QED) is 0.692. The van der Waals surface area contributed by atoms with Gasteiger partial charge in [0.1, 0.15) is 5.82 Å². The third-order valence-corrected chi connectivity index (χ3v) is 4.49. The lowest BCUT2D eigenvalue weighted by Crippen LogP contribution is -2.11. The smallest absolute Gasteiger partial charge is 0.224 e. The Kier molecular flexibility index (Phi) is 5.28. The standard InChI is InChI=1S/C18H18N4OS/c1-2-17(23)21-15-8-4-3-7-14(15)13-24-18-20-11-12-22(18)16-9-5-6-10-19-16/h3-12H,2,13H2,1H3,(H,21,23). The van der Waals surface area contributed by atoms with Gasteiger partial charge in [-0.15, -0.1) is 0 Å². The second kappa shape index (κ2) is 7.79. The minimum absolute atomic E-state index is 0.0161. The molecular formula is C18H18N4OS. The number of hydrogen-bond acceptors (Lipinski definition) is 4. The van der Waals surface area contributed by atoms with Gasteiger partial charge in [-0.3, -0.25) is 9.36 Å². The molecule has 2 heterocycles. The summed E-state index contributed by atoms with van der Waals surface area (Å²) < 4.78 is 1.96. The van der Waals surface area contributed by atoms with Crippen LogP contribution >= 0.6 is 11.8 Å². The molecular weight excluding hydrogens is 320 g/mol. The van der Waals surface area contributed by atoms with Crippen LogP contribution < -0.4 is 5.32 Å². The van der Waals surface area contributed by atoms with E-state index in [0.717, 1.165) is 22.2 Å². The number of para-hydroxylation sites is 1. The van der Waals surface area contributed by atoms with E-state index in [2.05, 4.69) is 15.3 Å². The molecule has 0 fully saturated rings. The van der Waals surface area contributed by atoms with Crippen molar-refractivity contribution >= 4 is 23.4 Å². The molecule has 0 unspecified atom stereocenters. The van der Waals surface area contributed by atoms with Gasteiger partial charge < -0.3 is 5.32 Å². The van der Waals surface area contributed by atoms with Gasteiger partial charge in [-0.2, -0.15) is 0 Å². The second-order valence-corrected chi connectivity index (χ2v) is 6.06. The molecule has 0 aliphatic rings. The molecule has 122 valence electrons. The van der Waals surface area contributed by atoms with Crippen LogP contribution in [0.1, 0.15) is 18.9 Å². The van der Waals surface area contributed by atoms with E-state index in [9.17, 15) is 4.79 Å². The summed E-state index contributed by atoms with van der Waals surface area (Å²) in [7, 11) is 0. The maximum Gasteiger partial charge on any atom is 0.224 e. The van der Waals surface area contributed by atoms with E-state index in [0.29, 0.717) is 12.2 Å². The highest BCUT2D eigenvalue weighted by atomic mass is 32.2. The van der Waals surface area contributed by atoms with Crippen molar-refractivity contribution < 1.29 is 4.79 Å². The summed E-state index contributed by atoms with van der Waals surface area (Å²) >= 11 is 1.61. The minimum atomic E-state index is 0.0161. The van der Waals surface area contributed by atoms with Gasteiger partial charge >= 0.3 is 0 Å². The van der Waals surface area contributed by atoms with Crippen LogP contribution in [-0.4, -0.2) is 20.4 Å². The SMILES string of the molecule is CCC(=O)Nc1ccccc1CSc1nccn1-c1ccccn1. The molecule has 0 saturated heterocycles. The Labute approximate surface area is 145 Å². The average Bonchev–Trinajstić information content (AvgIpc) is 3.10. The summed E-state index contributed by atoms with van der Waals surface area (Å²) in [5, 5.41) is 3.81. The molecule has 1 amide bonds. The summed E-state index contributed by atoms with van der Waals surface area (Å²) in [6.45, 7) is 1.84. The molecule has 2 aromatic heterocycles. The Morgan fingerprint density at radius 2 is 1.96 bits per heavy atom. The van der Waals surface area contributed by atoms with Crippen molar-refractivity contribution in [3.63, 3.8) is 0 Å². The molecule has 0 bridgehead atoms. The number of nitrogens with one attached hydrogen (secondary N) is 1. The molecule has 1 N–H and O–H groups in total. The maximum absolute atomic E-state index is 11.7. The number of aromatic nitrogens is 3. The van der Waals surface area contributed by atoms with Crippen LogP contribution in [0.3, 0.4) is 0 Å². The predicted octanol–water partition coefficient (Wildman–Crippen LogP) is 3.91. The first-order chi connectivity index (χ1) is 11.8. The van der Waals surface area contributed by atoms with Crippen LogP contribution in [0.5, 0.6) is 0 Å². The van der Waals surface area contributed by atoms with Crippen LogP contribution in [0.4, 0.5) is 5.69 Å². The zero-order chi connectivity index (χ0) is 16.8.